The first kappa shape index (κ1) is 8.97. The van der Waals surface area contributed by atoms with E-state index in [0.717, 1.165) is 30.4 Å². The van der Waals surface area contributed by atoms with Crippen molar-refractivity contribution in [1.29, 1.82) is 0 Å². The van der Waals surface area contributed by atoms with E-state index >= 15 is 0 Å². The molecule has 2 rings (SSSR count). The van der Waals surface area contributed by atoms with Crippen molar-refractivity contribution in [3.8, 4) is 0 Å². The fourth-order valence-corrected chi connectivity index (χ4v) is 1.98. The second-order valence-electron chi connectivity index (χ2n) is 3.19. The maximum atomic E-state index is 4.51. The van der Waals surface area contributed by atoms with Gasteiger partial charge in [0.15, 0.2) is 0 Å². The van der Waals surface area contributed by atoms with Crippen LogP contribution in [0.3, 0.4) is 0 Å². The zero-order valence-corrected chi connectivity index (χ0v) is 8.74. The third-order valence-corrected chi connectivity index (χ3v) is 2.76. The molecule has 0 fully saturated rings. The van der Waals surface area contributed by atoms with Crippen molar-refractivity contribution in [3.63, 3.8) is 0 Å². The van der Waals surface area contributed by atoms with E-state index < -0.39 is 0 Å². The topological polar surface area (TPSA) is 37.8 Å². The van der Waals surface area contributed by atoms with Crippen LogP contribution >= 0.6 is 11.8 Å². The third kappa shape index (κ3) is 1.69. The molecular weight excluding hydrogens is 182 g/mol. The summed E-state index contributed by atoms with van der Waals surface area (Å²) in [6.07, 6.45) is 2.07. The van der Waals surface area contributed by atoms with Crippen molar-refractivity contribution in [2.45, 2.75) is 25.8 Å². The molecule has 70 valence electrons. The Hall–Kier alpha value is -0.610. The number of hydrogen-bond donors (Lipinski definition) is 1. The lowest BCUT2D eigenvalue weighted by atomic mass is 10.2. The summed E-state index contributed by atoms with van der Waals surface area (Å²) >= 11 is 1.76. The average Bonchev–Trinajstić information content (AvgIpc) is 2.53. The largest absolute Gasteiger partial charge is 0.307 e. The minimum Gasteiger partial charge on any atom is -0.307 e. The van der Waals surface area contributed by atoms with Gasteiger partial charge >= 0.3 is 0 Å². The van der Waals surface area contributed by atoms with Crippen molar-refractivity contribution >= 4 is 11.8 Å². The molecule has 0 saturated carbocycles. The van der Waals surface area contributed by atoms with Gasteiger partial charge in [-0.25, -0.2) is 9.97 Å². The van der Waals surface area contributed by atoms with E-state index in [-0.39, 0.29) is 0 Å². The Kier molecular flexibility index (Phi) is 2.51. The van der Waals surface area contributed by atoms with Crippen LogP contribution in [0.4, 0.5) is 0 Å². The van der Waals surface area contributed by atoms with Crippen molar-refractivity contribution in [2.75, 3.05) is 6.26 Å². The lowest BCUT2D eigenvalue weighted by Gasteiger charge is -2.04. The Morgan fingerprint density at radius 1 is 1.38 bits per heavy atom. The summed E-state index contributed by atoms with van der Waals surface area (Å²) in [6, 6.07) is 0. The lowest BCUT2D eigenvalue weighted by molar-refractivity contribution is 0.756. The normalized spacial score (nSPS) is 14.6. The van der Waals surface area contributed by atoms with Crippen LogP contribution in [-0.4, -0.2) is 16.2 Å². The van der Waals surface area contributed by atoms with Crippen LogP contribution in [0.15, 0.2) is 0 Å². The predicted molar refractivity (Wildman–Crippen MR) is 54.5 cm³/mol. The number of nitrogens with one attached hydrogen (secondary N) is 1. The third-order valence-electron chi connectivity index (χ3n) is 2.21. The fraction of sp³-hybridized carbons (Fsp3) is 0.556. The maximum Gasteiger partial charge on any atom is 0.138 e. The average molecular weight is 195 g/mol. The number of fused-ring (bicyclic) bond motifs is 1. The molecule has 1 aromatic heterocycles. The smallest absolute Gasteiger partial charge is 0.138 e. The molecule has 1 aliphatic rings. The Labute approximate surface area is 82.4 Å². The van der Waals surface area contributed by atoms with Gasteiger partial charge < -0.3 is 5.32 Å². The maximum absolute atomic E-state index is 4.51. The Morgan fingerprint density at radius 3 is 3.00 bits per heavy atom. The zero-order chi connectivity index (χ0) is 9.26. The van der Waals surface area contributed by atoms with Gasteiger partial charge in [-0.2, -0.15) is 11.8 Å². The number of hydrogen-bond acceptors (Lipinski definition) is 4. The molecule has 0 unspecified atom stereocenters. The van der Waals surface area contributed by atoms with E-state index in [1.807, 2.05) is 0 Å². The summed E-state index contributed by atoms with van der Waals surface area (Å²) in [5, 5.41) is 3.29. The first-order valence-electron chi connectivity index (χ1n) is 4.36. The molecule has 0 amide bonds. The molecule has 0 aromatic carbocycles. The standard InChI is InChI=1S/C9H13N3S/c1-6-7-3-10-4-8(7)12-9(11-6)5-13-2/h10H,3-5H2,1-2H3. The van der Waals surface area contributed by atoms with E-state index in [9.17, 15) is 0 Å². The van der Waals surface area contributed by atoms with E-state index in [1.54, 1.807) is 11.8 Å². The summed E-state index contributed by atoms with van der Waals surface area (Å²) in [5.74, 6) is 1.88. The van der Waals surface area contributed by atoms with Gasteiger partial charge in [0.05, 0.1) is 11.4 Å². The van der Waals surface area contributed by atoms with Crippen LogP contribution < -0.4 is 5.32 Å². The highest BCUT2D eigenvalue weighted by molar-refractivity contribution is 7.97. The molecule has 0 atom stereocenters. The summed E-state index contributed by atoms with van der Waals surface area (Å²) in [5.41, 5.74) is 3.63. The van der Waals surface area contributed by atoms with Gasteiger partial charge in [-0.05, 0) is 13.2 Å². The first-order chi connectivity index (χ1) is 6.31. The molecule has 13 heavy (non-hydrogen) atoms. The zero-order valence-electron chi connectivity index (χ0n) is 7.92. The molecule has 1 N–H and O–H groups in total. The second-order valence-corrected chi connectivity index (χ2v) is 4.05. The Balaban J connectivity index is 2.37. The minimum absolute atomic E-state index is 0.903. The molecule has 0 saturated heterocycles. The van der Waals surface area contributed by atoms with Gasteiger partial charge in [-0.15, -0.1) is 0 Å². The first-order valence-corrected chi connectivity index (χ1v) is 5.75. The summed E-state index contributed by atoms with van der Waals surface area (Å²) in [7, 11) is 0. The van der Waals surface area contributed by atoms with Gasteiger partial charge in [0, 0.05) is 24.3 Å². The van der Waals surface area contributed by atoms with Crippen molar-refractivity contribution in [2.24, 2.45) is 0 Å². The number of nitrogens with zero attached hydrogens (tertiary/aromatic N) is 2. The predicted octanol–water partition coefficient (Wildman–Crippen LogP) is 1.25. The van der Waals surface area contributed by atoms with Crippen molar-refractivity contribution in [3.05, 3.63) is 22.8 Å². The number of thioether (sulfide) groups is 1. The summed E-state index contributed by atoms with van der Waals surface area (Å²) in [6.45, 7) is 3.90. The fourth-order valence-electron chi connectivity index (χ4n) is 1.59. The summed E-state index contributed by atoms with van der Waals surface area (Å²) < 4.78 is 0. The Bertz CT molecular complexity index is 325. The van der Waals surface area contributed by atoms with Crippen LogP contribution in [0.2, 0.25) is 0 Å². The monoisotopic (exact) mass is 195 g/mol. The van der Waals surface area contributed by atoms with E-state index in [0.29, 0.717) is 0 Å². The SMILES string of the molecule is CSCc1nc(C)c2c(n1)CNC2. The van der Waals surface area contributed by atoms with Gasteiger partial charge in [0.2, 0.25) is 0 Å². The summed E-state index contributed by atoms with van der Waals surface area (Å²) in [4.78, 5) is 8.97. The molecule has 0 aliphatic carbocycles. The van der Waals surface area contributed by atoms with Crippen LogP contribution in [0.25, 0.3) is 0 Å². The lowest BCUT2D eigenvalue weighted by Crippen LogP contribution is -2.01. The van der Waals surface area contributed by atoms with Crippen LogP contribution in [0.5, 0.6) is 0 Å². The molecule has 2 heterocycles. The van der Waals surface area contributed by atoms with Crippen molar-refractivity contribution in [1.82, 2.24) is 15.3 Å². The molecule has 4 heteroatoms. The Morgan fingerprint density at radius 2 is 2.23 bits per heavy atom. The highest BCUT2D eigenvalue weighted by atomic mass is 32.2. The number of rotatable bonds is 2. The highest BCUT2D eigenvalue weighted by Crippen LogP contribution is 2.17. The van der Waals surface area contributed by atoms with Crippen LogP contribution in [-0.2, 0) is 18.8 Å². The van der Waals surface area contributed by atoms with Crippen LogP contribution in [0, 0.1) is 6.92 Å². The van der Waals surface area contributed by atoms with Crippen molar-refractivity contribution < 1.29 is 0 Å². The number of aryl methyl sites for hydroxylation is 1. The molecule has 1 aromatic rings. The molecule has 0 radical (unpaired) electrons. The quantitative estimate of drug-likeness (QED) is 0.770. The minimum atomic E-state index is 0.903. The van der Waals surface area contributed by atoms with Crippen LogP contribution in [0.1, 0.15) is 22.8 Å². The van der Waals surface area contributed by atoms with Gasteiger partial charge in [0.1, 0.15) is 5.82 Å². The van der Waals surface area contributed by atoms with Gasteiger partial charge in [0.25, 0.3) is 0 Å². The molecule has 1 aliphatic heterocycles. The molecule has 3 nitrogen and oxygen atoms in total. The number of aromatic nitrogens is 2. The highest BCUT2D eigenvalue weighted by Gasteiger charge is 2.15. The molecule has 0 bridgehead atoms. The van der Waals surface area contributed by atoms with Gasteiger partial charge in [-0.1, -0.05) is 0 Å². The molecule has 0 spiro atoms. The van der Waals surface area contributed by atoms with Gasteiger partial charge in [-0.3, -0.25) is 0 Å². The second kappa shape index (κ2) is 3.64. The van der Waals surface area contributed by atoms with E-state index in [2.05, 4.69) is 28.5 Å². The molecular formula is C9H13N3S. The van der Waals surface area contributed by atoms with E-state index in [4.69, 9.17) is 0 Å². The van der Waals surface area contributed by atoms with E-state index in [1.165, 1.54) is 11.3 Å².